The van der Waals surface area contributed by atoms with E-state index in [9.17, 15) is 0 Å². The van der Waals surface area contributed by atoms with Gasteiger partial charge in [0.25, 0.3) is 0 Å². The Labute approximate surface area is 138 Å². The lowest BCUT2D eigenvalue weighted by atomic mass is 10.1. The number of hydrogen-bond donors (Lipinski definition) is 1. The zero-order valence-electron chi connectivity index (χ0n) is 14.5. The maximum absolute atomic E-state index is 6.09. The monoisotopic (exact) mass is 323 g/mol. The average molecular weight is 324 g/mol. The molecule has 1 aliphatic rings. The van der Waals surface area contributed by atoms with Crippen molar-refractivity contribution in [2.75, 3.05) is 20.1 Å². The van der Waals surface area contributed by atoms with Gasteiger partial charge in [-0.15, -0.1) is 11.3 Å². The Bertz CT molecular complexity index is 496. The van der Waals surface area contributed by atoms with E-state index >= 15 is 0 Å². The highest BCUT2D eigenvalue weighted by Gasteiger charge is 2.25. The molecule has 0 atom stereocenters. The molecule has 2 heterocycles. The van der Waals surface area contributed by atoms with E-state index in [-0.39, 0.29) is 5.60 Å². The summed E-state index contributed by atoms with van der Waals surface area (Å²) in [5.74, 6) is 1.00. The number of likely N-dealkylation sites (tertiary alicyclic amines) is 1. The highest BCUT2D eigenvalue weighted by molar-refractivity contribution is 7.11. The van der Waals surface area contributed by atoms with Crippen molar-refractivity contribution < 1.29 is 4.74 Å². The van der Waals surface area contributed by atoms with Crippen LogP contribution in [0.4, 0.5) is 0 Å². The third kappa shape index (κ3) is 5.29. The van der Waals surface area contributed by atoms with Gasteiger partial charge >= 0.3 is 0 Å². The number of nitrogens with zero attached hydrogens (tertiary/aromatic N) is 2. The second-order valence-electron chi connectivity index (χ2n) is 6.83. The molecule has 0 aliphatic carbocycles. The molecule has 22 heavy (non-hydrogen) atoms. The Hall–Kier alpha value is -1.07. The molecule has 0 bridgehead atoms. The smallest absolute Gasteiger partial charge is 0.193 e. The van der Waals surface area contributed by atoms with Gasteiger partial charge in [-0.3, -0.25) is 4.99 Å². The lowest BCUT2D eigenvalue weighted by Gasteiger charge is -2.36. The summed E-state index contributed by atoms with van der Waals surface area (Å²) in [6.45, 7) is 11.4. The molecule has 0 unspecified atom stereocenters. The first-order valence-electron chi connectivity index (χ1n) is 8.06. The molecule has 1 fully saturated rings. The fraction of sp³-hybridized carbons (Fsp3) is 0.706. The summed E-state index contributed by atoms with van der Waals surface area (Å²) in [6.07, 6.45) is 2.50. The molecule has 1 saturated heterocycles. The Morgan fingerprint density at radius 1 is 1.36 bits per heavy atom. The first-order chi connectivity index (χ1) is 10.4. The van der Waals surface area contributed by atoms with Gasteiger partial charge in [0, 0.05) is 29.9 Å². The van der Waals surface area contributed by atoms with E-state index in [1.807, 2.05) is 18.4 Å². The summed E-state index contributed by atoms with van der Waals surface area (Å²) in [5, 5.41) is 3.48. The Kier molecular flexibility index (Phi) is 5.87. The Morgan fingerprint density at radius 3 is 2.55 bits per heavy atom. The van der Waals surface area contributed by atoms with E-state index in [4.69, 9.17) is 4.74 Å². The van der Waals surface area contributed by atoms with Crippen LogP contribution in [0.25, 0.3) is 0 Å². The molecule has 1 aliphatic heterocycles. The topological polar surface area (TPSA) is 36.9 Å². The van der Waals surface area contributed by atoms with Crippen LogP contribution >= 0.6 is 11.3 Å². The molecule has 0 amide bonds. The van der Waals surface area contributed by atoms with Crippen molar-refractivity contribution in [3.05, 3.63) is 21.9 Å². The molecular weight excluding hydrogens is 294 g/mol. The summed E-state index contributed by atoms with van der Waals surface area (Å²) in [6, 6.07) is 4.35. The number of aryl methyl sites for hydroxylation is 1. The van der Waals surface area contributed by atoms with Crippen molar-refractivity contribution in [3.63, 3.8) is 0 Å². The molecule has 5 heteroatoms. The number of piperidine rings is 1. The minimum Gasteiger partial charge on any atom is -0.372 e. The van der Waals surface area contributed by atoms with Crippen molar-refractivity contribution in [2.24, 2.45) is 4.99 Å². The molecule has 124 valence electrons. The van der Waals surface area contributed by atoms with Crippen LogP contribution in [0.2, 0.25) is 0 Å². The van der Waals surface area contributed by atoms with Gasteiger partial charge in [-0.1, -0.05) is 0 Å². The summed E-state index contributed by atoms with van der Waals surface area (Å²) < 4.78 is 6.09. The SMILES string of the molecule is CN=C(NCc1ccc(C)s1)N1CCC(OC(C)(C)C)CC1. The third-order valence-electron chi connectivity index (χ3n) is 3.69. The molecule has 0 aromatic carbocycles. The molecule has 0 saturated carbocycles. The Balaban J connectivity index is 1.81. The van der Waals surface area contributed by atoms with Crippen LogP contribution in [-0.2, 0) is 11.3 Å². The van der Waals surface area contributed by atoms with Crippen molar-refractivity contribution in [3.8, 4) is 0 Å². The van der Waals surface area contributed by atoms with Gasteiger partial charge < -0.3 is 15.0 Å². The quantitative estimate of drug-likeness (QED) is 0.684. The van der Waals surface area contributed by atoms with Crippen LogP contribution in [0.5, 0.6) is 0 Å². The van der Waals surface area contributed by atoms with Crippen LogP contribution in [0.3, 0.4) is 0 Å². The summed E-state index contributed by atoms with van der Waals surface area (Å²) in [5.41, 5.74) is -0.0518. The molecule has 1 aromatic rings. The number of rotatable bonds is 3. The van der Waals surface area contributed by atoms with Crippen LogP contribution in [-0.4, -0.2) is 42.7 Å². The molecular formula is C17H29N3OS. The molecule has 0 radical (unpaired) electrons. The van der Waals surface area contributed by atoms with Gasteiger partial charge in [0.05, 0.1) is 18.2 Å². The number of guanidine groups is 1. The summed E-state index contributed by atoms with van der Waals surface area (Å²) in [7, 11) is 1.86. The zero-order valence-corrected chi connectivity index (χ0v) is 15.3. The normalized spacial score (nSPS) is 17.9. The standard InChI is InChI=1S/C17H29N3OS/c1-13-6-7-15(22-13)12-19-16(18-5)20-10-8-14(9-11-20)21-17(2,3)4/h6-7,14H,8-12H2,1-5H3,(H,18,19). The number of hydrogen-bond acceptors (Lipinski definition) is 3. The zero-order chi connectivity index (χ0) is 16.2. The van der Waals surface area contributed by atoms with Crippen molar-refractivity contribution in [2.45, 2.75) is 58.8 Å². The van der Waals surface area contributed by atoms with Crippen LogP contribution in [0, 0.1) is 6.92 Å². The highest BCUT2D eigenvalue weighted by atomic mass is 32.1. The Morgan fingerprint density at radius 2 is 2.05 bits per heavy atom. The maximum Gasteiger partial charge on any atom is 0.193 e. The van der Waals surface area contributed by atoms with Gasteiger partial charge in [0.1, 0.15) is 0 Å². The number of nitrogens with one attached hydrogen (secondary N) is 1. The molecule has 0 spiro atoms. The average Bonchev–Trinajstić information content (AvgIpc) is 2.85. The minimum absolute atomic E-state index is 0.0518. The third-order valence-corrected chi connectivity index (χ3v) is 4.69. The van der Waals surface area contributed by atoms with Crippen molar-refractivity contribution in [1.82, 2.24) is 10.2 Å². The fourth-order valence-electron chi connectivity index (χ4n) is 2.76. The molecule has 1 aromatic heterocycles. The minimum atomic E-state index is -0.0518. The van der Waals surface area contributed by atoms with Crippen molar-refractivity contribution >= 4 is 17.3 Å². The predicted octanol–water partition coefficient (Wildman–Crippen LogP) is 3.41. The first kappa shape index (κ1) is 17.3. The van der Waals surface area contributed by atoms with E-state index in [2.05, 4.69) is 55.0 Å². The number of ether oxygens (including phenoxy) is 1. The number of aliphatic imine (C=N–C) groups is 1. The first-order valence-corrected chi connectivity index (χ1v) is 8.88. The van der Waals surface area contributed by atoms with Gasteiger partial charge in [0.15, 0.2) is 5.96 Å². The van der Waals surface area contributed by atoms with Crippen LogP contribution < -0.4 is 5.32 Å². The van der Waals surface area contributed by atoms with E-state index in [0.717, 1.165) is 38.4 Å². The van der Waals surface area contributed by atoms with Gasteiger partial charge in [-0.05, 0) is 52.7 Å². The second kappa shape index (κ2) is 7.47. The molecule has 4 nitrogen and oxygen atoms in total. The highest BCUT2D eigenvalue weighted by Crippen LogP contribution is 2.20. The molecule has 2 rings (SSSR count). The van der Waals surface area contributed by atoms with Crippen LogP contribution in [0.15, 0.2) is 17.1 Å². The lowest BCUT2D eigenvalue weighted by Crippen LogP contribution is -2.47. The maximum atomic E-state index is 6.09. The van der Waals surface area contributed by atoms with E-state index in [1.165, 1.54) is 9.75 Å². The van der Waals surface area contributed by atoms with Crippen LogP contribution in [0.1, 0.15) is 43.4 Å². The summed E-state index contributed by atoms with van der Waals surface area (Å²) >= 11 is 1.84. The molecule has 1 N–H and O–H groups in total. The van der Waals surface area contributed by atoms with Gasteiger partial charge in [0.2, 0.25) is 0 Å². The van der Waals surface area contributed by atoms with Gasteiger partial charge in [-0.25, -0.2) is 0 Å². The van der Waals surface area contributed by atoms with Gasteiger partial charge in [-0.2, -0.15) is 0 Å². The number of thiophene rings is 1. The van der Waals surface area contributed by atoms with E-state index < -0.39 is 0 Å². The van der Waals surface area contributed by atoms with Crippen molar-refractivity contribution in [1.29, 1.82) is 0 Å². The lowest BCUT2D eigenvalue weighted by molar-refractivity contribution is -0.0772. The predicted molar refractivity (Wildman–Crippen MR) is 94.7 cm³/mol. The fourth-order valence-corrected chi connectivity index (χ4v) is 3.59. The van der Waals surface area contributed by atoms with E-state index in [1.54, 1.807) is 0 Å². The second-order valence-corrected chi connectivity index (χ2v) is 8.20. The summed E-state index contributed by atoms with van der Waals surface area (Å²) in [4.78, 5) is 9.47. The largest absolute Gasteiger partial charge is 0.372 e. The van der Waals surface area contributed by atoms with E-state index in [0.29, 0.717) is 6.10 Å².